The molecule has 0 spiro atoms. The zero-order chi connectivity index (χ0) is 39.1. The van der Waals surface area contributed by atoms with E-state index in [-0.39, 0.29) is 5.41 Å². The van der Waals surface area contributed by atoms with Gasteiger partial charge in [-0.3, -0.25) is 19.9 Å². The first-order valence-corrected chi connectivity index (χ1v) is 18.9. The Morgan fingerprint density at radius 2 is 1.38 bits per heavy atom. The second kappa shape index (κ2) is 16.7. The molecule has 7 aromatic rings. The summed E-state index contributed by atoms with van der Waals surface area (Å²) in [6, 6.07) is 39.3. The normalized spacial score (nSPS) is 13.0. The molecular formula is C51H45N5. The molecule has 4 heterocycles. The Labute approximate surface area is 330 Å². The highest BCUT2D eigenvalue weighted by molar-refractivity contribution is 6.10. The summed E-state index contributed by atoms with van der Waals surface area (Å²) in [4.78, 5) is 24.5. The van der Waals surface area contributed by atoms with Crippen molar-refractivity contribution in [2.75, 3.05) is 0 Å². The van der Waals surface area contributed by atoms with Gasteiger partial charge in [-0.25, -0.2) is 4.98 Å². The van der Waals surface area contributed by atoms with Crippen molar-refractivity contribution in [3.8, 4) is 33.9 Å². The molecule has 3 aromatic carbocycles. The van der Waals surface area contributed by atoms with Gasteiger partial charge in [-0.1, -0.05) is 136 Å². The average molecular weight is 728 g/mol. The maximum atomic E-state index is 5.20. The Balaban J connectivity index is 1.27. The van der Waals surface area contributed by atoms with E-state index in [1.54, 1.807) is 18.5 Å². The van der Waals surface area contributed by atoms with Crippen LogP contribution in [0.3, 0.4) is 0 Å². The van der Waals surface area contributed by atoms with E-state index in [1.807, 2.05) is 55.5 Å². The Morgan fingerprint density at radius 3 is 2.02 bits per heavy atom. The molecule has 0 aliphatic carbocycles. The van der Waals surface area contributed by atoms with Crippen molar-refractivity contribution in [2.45, 2.75) is 39.2 Å². The molecule has 0 fully saturated rings. The van der Waals surface area contributed by atoms with Gasteiger partial charge in [-0.15, -0.1) is 0 Å². The topological polar surface area (TPSA) is 63.9 Å². The summed E-state index contributed by atoms with van der Waals surface area (Å²) in [7, 11) is 0. The van der Waals surface area contributed by atoms with Crippen molar-refractivity contribution in [3.05, 3.63) is 200 Å². The van der Waals surface area contributed by atoms with Crippen LogP contribution in [0.25, 0.3) is 61.7 Å². The van der Waals surface area contributed by atoms with Crippen LogP contribution < -0.4 is 0 Å². The number of para-hydroxylation sites is 1. The van der Waals surface area contributed by atoms with Crippen molar-refractivity contribution >= 4 is 33.5 Å². The number of pyridine rings is 4. The molecule has 5 nitrogen and oxygen atoms in total. The number of nitrogens with zero attached hydrogens (tertiary/aromatic N) is 5. The van der Waals surface area contributed by atoms with E-state index < -0.39 is 0 Å². The van der Waals surface area contributed by atoms with E-state index in [1.165, 1.54) is 10.8 Å². The van der Waals surface area contributed by atoms with Crippen LogP contribution in [0.15, 0.2) is 188 Å². The first-order valence-electron chi connectivity index (χ1n) is 18.9. The molecule has 0 N–H and O–H groups in total. The van der Waals surface area contributed by atoms with Crippen LogP contribution in [0.1, 0.15) is 44.0 Å². The number of hydrogen-bond acceptors (Lipinski definition) is 5. The summed E-state index contributed by atoms with van der Waals surface area (Å²) in [5.74, 6) is 0. The van der Waals surface area contributed by atoms with Crippen molar-refractivity contribution in [3.63, 3.8) is 0 Å². The quantitative estimate of drug-likeness (QED) is 0.0876. The fourth-order valence-corrected chi connectivity index (χ4v) is 6.93. The van der Waals surface area contributed by atoms with Crippen LogP contribution in [0.5, 0.6) is 0 Å². The molecule has 0 amide bonds. The second-order valence-corrected chi connectivity index (χ2v) is 14.2. The number of aromatic nitrogens is 4. The number of rotatable bonds is 13. The van der Waals surface area contributed by atoms with Gasteiger partial charge in [0.2, 0.25) is 0 Å². The molecule has 4 aromatic heterocycles. The zero-order valence-corrected chi connectivity index (χ0v) is 32.3. The Kier molecular flexibility index (Phi) is 11.1. The molecule has 7 rings (SSSR count). The van der Waals surface area contributed by atoms with Gasteiger partial charge >= 0.3 is 0 Å². The number of fused-ring (bicyclic) bond motifs is 2. The summed E-state index contributed by atoms with van der Waals surface area (Å²) < 4.78 is 0. The summed E-state index contributed by atoms with van der Waals surface area (Å²) >= 11 is 0. The summed E-state index contributed by atoms with van der Waals surface area (Å²) in [5.41, 5.74) is 11.4. The molecule has 1 unspecified atom stereocenters. The highest BCUT2D eigenvalue weighted by Crippen LogP contribution is 2.39. The maximum Gasteiger partial charge on any atom is 0.0897 e. The van der Waals surface area contributed by atoms with Gasteiger partial charge in [0.15, 0.2) is 0 Å². The fraction of sp³-hybridized carbons (Fsp3) is 0.118. The molecular weight excluding hydrogens is 683 g/mol. The summed E-state index contributed by atoms with van der Waals surface area (Å²) in [6.07, 6.45) is 14.6. The molecule has 0 radical (unpaired) electrons. The van der Waals surface area contributed by atoms with Crippen LogP contribution in [-0.4, -0.2) is 25.6 Å². The van der Waals surface area contributed by atoms with Gasteiger partial charge in [0.25, 0.3) is 0 Å². The lowest BCUT2D eigenvalue weighted by Gasteiger charge is -2.26. The standard InChI is InChI=1S/C51H45N5/c1-7-43(36(5)28-29-51(6,8-2)38-32-47(45-24-13-15-30-52-45)56-48(33-38)46-25-14-16-31-53-46)54-34-49-42(27-26-35(3)4)50(41-21-11-12-23-44(41)55-49)40-22-17-19-37-18-9-10-20-39(37)40/h7,9-33H,1,3,5,8,34H2,2,4,6H3/b27-26-,29-28-,54-43?. The summed E-state index contributed by atoms with van der Waals surface area (Å²) in [6.45, 7) is 19.5. The maximum absolute atomic E-state index is 5.20. The van der Waals surface area contributed by atoms with Crippen LogP contribution in [0.2, 0.25) is 0 Å². The third-order valence-corrected chi connectivity index (χ3v) is 10.3. The van der Waals surface area contributed by atoms with Crippen LogP contribution in [0, 0.1) is 0 Å². The van der Waals surface area contributed by atoms with Crippen molar-refractivity contribution in [2.24, 2.45) is 4.99 Å². The van der Waals surface area contributed by atoms with Crippen LogP contribution >= 0.6 is 0 Å². The van der Waals surface area contributed by atoms with E-state index in [9.17, 15) is 0 Å². The first kappa shape index (κ1) is 37.5. The van der Waals surface area contributed by atoms with Gasteiger partial charge in [-0.2, -0.15) is 0 Å². The minimum Gasteiger partial charge on any atom is -0.278 e. The fourth-order valence-electron chi connectivity index (χ4n) is 6.93. The molecule has 56 heavy (non-hydrogen) atoms. The molecule has 0 bridgehead atoms. The third-order valence-electron chi connectivity index (χ3n) is 10.3. The predicted octanol–water partition coefficient (Wildman–Crippen LogP) is 12.8. The van der Waals surface area contributed by atoms with Gasteiger partial charge in [0.1, 0.15) is 0 Å². The lowest BCUT2D eigenvalue weighted by molar-refractivity contribution is 0.572. The summed E-state index contributed by atoms with van der Waals surface area (Å²) in [5, 5.41) is 3.45. The minimum atomic E-state index is -0.362. The van der Waals surface area contributed by atoms with Crippen LogP contribution in [-0.2, 0) is 12.0 Å². The molecule has 0 aliphatic rings. The van der Waals surface area contributed by atoms with Gasteiger partial charge in [0.05, 0.1) is 46.2 Å². The Morgan fingerprint density at radius 1 is 0.732 bits per heavy atom. The Bertz CT molecular complexity index is 2610. The molecule has 1 atom stereocenters. The SMILES string of the molecule is C=CC(=NCc1nc2ccccc2c(-c2cccc3ccccc23)c1/C=C\C(=C)C)C(=C)/C=C\C(C)(CC)c1cc(-c2ccccn2)nc(-c2ccccn2)c1. The van der Waals surface area contributed by atoms with Crippen molar-refractivity contribution < 1.29 is 0 Å². The average Bonchev–Trinajstić information content (AvgIpc) is 3.25. The van der Waals surface area contributed by atoms with E-state index >= 15 is 0 Å². The van der Waals surface area contributed by atoms with E-state index in [0.717, 1.165) is 79.2 Å². The van der Waals surface area contributed by atoms with E-state index in [2.05, 4.69) is 135 Å². The molecule has 274 valence electrons. The molecule has 0 aliphatic heterocycles. The highest BCUT2D eigenvalue weighted by atomic mass is 14.8. The third kappa shape index (κ3) is 7.98. The lowest BCUT2D eigenvalue weighted by atomic mass is 9.78. The van der Waals surface area contributed by atoms with E-state index in [4.69, 9.17) is 15.0 Å². The largest absolute Gasteiger partial charge is 0.278 e. The molecule has 0 saturated heterocycles. The Hall–Kier alpha value is -6.85. The second-order valence-electron chi connectivity index (χ2n) is 14.2. The number of benzene rings is 3. The van der Waals surface area contributed by atoms with Crippen LogP contribution in [0.4, 0.5) is 0 Å². The zero-order valence-electron chi connectivity index (χ0n) is 32.3. The van der Waals surface area contributed by atoms with Gasteiger partial charge in [-0.05, 0) is 89.4 Å². The predicted molar refractivity (Wildman–Crippen MR) is 236 cm³/mol. The number of aliphatic imine (C=N–C) groups is 1. The molecule has 0 saturated carbocycles. The molecule has 5 heteroatoms. The van der Waals surface area contributed by atoms with Gasteiger partial charge < -0.3 is 0 Å². The number of allylic oxidation sites excluding steroid dienone is 6. The number of hydrogen-bond donors (Lipinski definition) is 0. The highest BCUT2D eigenvalue weighted by Gasteiger charge is 2.24. The first-order chi connectivity index (χ1) is 27.3. The van der Waals surface area contributed by atoms with Crippen molar-refractivity contribution in [1.82, 2.24) is 19.9 Å². The van der Waals surface area contributed by atoms with E-state index in [0.29, 0.717) is 12.3 Å². The van der Waals surface area contributed by atoms with Gasteiger partial charge in [0, 0.05) is 34.3 Å². The smallest absolute Gasteiger partial charge is 0.0897 e. The minimum absolute atomic E-state index is 0.336. The lowest BCUT2D eigenvalue weighted by Crippen LogP contribution is -2.18. The van der Waals surface area contributed by atoms with Crippen molar-refractivity contribution in [1.29, 1.82) is 0 Å². The monoisotopic (exact) mass is 727 g/mol.